The Morgan fingerprint density at radius 3 is 2.47 bits per heavy atom. The lowest BCUT2D eigenvalue weighted by atomic mass is 10.0. The molecule has 0 saturated carbocycles. The average molecular weight is 265 g/mol. The fourth-order valence-electron chi connectivity index (χ4n) is 2.19. The van der Waals surface area contributed by atoms with Gasteiger partial charge in [-0.2, -0.15) is 0 Å². The van der Waals surface area contributed by atoms with E-state index in [1.807, 2.05) is 7.05 Å². The Kier molecular flexibility index (Phi) is 4.39. The number of methoxy groups -OCH3 is 2. The van der Waals surface area contributed by atoms with E-state index in [1.54, 1.807) is 32.4 Å². The fraction of sp³-hybridized carbons (Fsp3) is 0.500. The van der Waals surface area contributed by atoms with Gasteiger partial charge in [-0.1, -0.05) is 6.07 Å². The summed E-state index contributed by atoms with van der Waals surface area (Å²) in [5.41, 5.74) is 0.452. The molecule has 1 aliphatic heterocycles. The largest absolute Gasteiger partial charge is 0.496 e. The maximum atomic E-state index is 12.6. The zero-order valence-corrected chi connectivity index (χ0v) is 11.5. The van der Waals surface area contributed by atoms with E-state index in [1.165, 1.54) is 0 Å². The zero-order chi connectivity index (χ0) is 13.8. The summed E-state index contributed by atoms with van der Waals surface area (Å²) in [6, 6.07) is 5.30. The lowest BCUT2D eigenvalue weighted by molar-refractivity contribution is -0.00888. The Morgan fingerprint density at radius 2 is 1.95 bits per heavy atom. The molecule has 0 radical (unpaired) electrons. The summed E-state index contributed by atoms with van der Waals surface area (Å²) in [7, 11) is 5.06. The highest BCUT2D eigenvalue weighted by Crippen LogP contribution is 2.30. The first-order chi connectivity index (χ1) is 9.17. The van der Waals surface area contributed by atoms with Gasteiger partial charge in [0.05, 0.1) is 20.8 Å². The van der Waals surface area contributed by atoms with Crippen molar-refractivity contribution in [2.24, 2.45) is 0 Å². The van der Waals surface area contributed by atoms with Gasteiger partial charge in [0.2, 0.25) is 0 Å². The Labute approximate surface area is 113 Å². The minimum Gasteiger partial charge on any atom is -0.496 e. The van der Waals surface area contributed by atoms with Gasteiger partial charge in [-0.25, -0.2) is 0 Å². The highest BCUT2D eigenvalue weighted by atomic mass is 16.5. The topological polar surface area (TPSA) is 48.0 Å². The number of hydrogen-bond acceptors (Lipinski definition) is 5. The number of ether oxygens (including phenoxy) is 3. The normalized spacial score (nSPS) is 20.1. The summed E-state index contributed by atoms with van der Waals surface area (Å²) >= 11 is 0. The molecule has 1 atom stereocenters. The summed E-state index contributed by atoms with van der Waals surface area (Å²) in [4.78, 5) is 14.7. The van der Waals surface area contributed by atoms with Crippen LogP contribution < -0.4 is 9.47 Å². The first-order valence-corrected chi connectivity index (χ1v) is 6.22. The first-order valence-electron chi connectivity index (χ1n) is 6.22. The van der Waals surface area contributed by atoms with Gasteiger partial charge in [-0.05, 0) is 19.2 Å². The van der Waals surface area contributed by atoms with Crippen molar-refractivity contribution in [3.63, 3.8) is 0 Å². The molecule has 1 aromatic rings. The minimum absolute atomic E-state index is 0.0964. The molecule has 104 valence electrons. The molecule has 19 heavy (non-hydrogen) atoms. The predicted octanol–water partition coefficient (Wildman–Crippen LogP) is 1.22. The van der Waals surface area contributed by atoms with Crippen LogP contribution in [0.4, 0.5) is 0 Å². The third-order valence-corrected chi connectivity index (χ3v) is 3.24. The van der Waals surface area contributed by atoms with Crippen molar-refractivity contribution < 1.29 is 19.0 Å². The van der Waals surface area contributed by atoms with Crippen LogP contribution in [0.25, 0.3) is 0 Å². The number of carbonyl (C=O) groups is 1. The summed E-state index contributed by atoms with van der Waals surface area (Å²) in [5, 5.41) is 0. The molecule has 0 aromatic heterocycles. The Bertz CT molecular complexity index is 439. The number of nitrogens with zero attached hydrogens (tertiary/aromatic N) is 1. The quantitative estimate of drug-likeness (QED) is 0.766. The molecule has 0 spiro atoms. The van der Waals surface area contributed by atoms with Crippen LogP contribution in [0, 0.1) is 0 Å². The van der Waals surface area contributed by atoms with Crippen molar-refractivity contribution in [2.75, 3.05) is 41.0 Å². The van der Waals surface area contributed by atoms with Crippen molar-refractivity contribution in [3.05, 3.63) is 23.8 Å². The summed E-state index contributed by atoms with van der Waals surface area (Å²) in [5.74, 6) is 0.934. The molecule has 1 fully saturated rings. The van der Waals surface area contributed by atoms with Crippen LogP contribution in [0.5, 0.6) is 11.5 Å². The third kappa shape index (κ3) is 2.88. The monoisotopic (exact) mass is 265 g/mol. The van der Waals surface area contributed by atoms with Crippen LogP contribution in [0.1, 0.15) is 10.4 Å². The van der Waals surface area contributed by atoms with Gasteiger partial charge < -0.3 is 19.1 Å². The number of Topliss-reactive ketones (excluding diaryl/α,β-unsaturated/α-hetero) is 1. The minimum atomic E-state index is -0.469. The van der Waals surface area contributed by atoms with Gasteiger partial charge in [-0.15, -0.1) is 0 Å². The Balaban J connectivity index is 2.31. The second-order valence-corrected chi connectivity index (χ2v) is 4.52. The number of carbonyl (C=O) groups excluding carboxylic acids is 1. The van der Waals surface area contributed by atoms with Gasteiger partial charge in [-0.3, -0.25) is 4.79 Å². The lowest BCUT2D eigenvalue weighted by Gasteiger charge is -2.29. The van der Waals surface area contributed by atoms with Crippen molar-refractivity contribution >= 4 is 5.78 Å². The first kappa shape index (κ1) is 13.8. The number of morpholine rings is 1. The van der Waals surface area contributed by atoms with E-state index in [9.17, 15) is 4.79 Å². The summed E-state index contributed by atoms with van der Waals surface area (Å²) < 4.78 is 16.1. The number of hydrogen-bond donors (Lipinski definition) is 0. The van der Waals surface area contributed by atoms with Crippen LogP contribution in [0.15, 0.2) is 18.2 Å². The molecule has 1 aliphatic rings. The molecule has 2 rings (SSSR count). The van der Waals surface area contributed by atoms with Crippen LogP contribution in [-0.2, 0) is 4.74 Å². The lowest BCUT2D eigenvalue weighted by Crippen LogP contribution is -2.44. The zero-order valence-electron chi connectivity index (χ0n) is 11.5. The molecule has 0 bridgehead atoms. The highest BCUT2D eigenvalue weighted by Gasteiger charge is 2.30. The average Bonchev–Trinajstić information content (AvgIpc) is 2.45. The molecule has 0 aliphatic carbocycles. The Morgan fingerprint density at radius 1 is 1.32 bits per heavy atom. The van der Waals surface area contributed by atoms with Crippen molar-refractivity contribution in [1.29, 1.82) is 0 Å². The van der Waals surface area contributed by atoms with Crippen LogP contribution >= 0.6 is 0 Å². The van der Waals surface area contributed by atoms with E-state index in [-0.39, 0.29) is 5.78 Å². The van der Waals surface area contributed by atoms with E-state index < -0.39 is 6.10 Å². The number of benzene rings is 1. The van der Waals surface area contributed by atoms with Crippen molar-refractivity contribution in [1.82, 2.24) is 4.90 Å². The van der Waals surface area contributed by atoms with Crippen molar-refractivity contribution in [3.8, 4) is 11.5 Å². The third-order valence-electron chi connectivity index (χ3n) is 3.24. The standard InChI is InChI=1S/C14H19NO4/c1-15-7-8-19-12(9-15)14(16)13-10(17-2)5-4-6-11(13)18-3/h4-6,12H,7-9H2,1-3H3. The molecular formula is C14H19NO4. The Hall–Kier alpha value is -1.59. The van der Waals surface area contributed by atoms with E-state index in [4.69, 9.17) is 14.2 Å². The van der Waals surface area contributed by atoms with Crippen molar-refractivity contribution in [2.45, 2.75) is 6.10 Å². The van der Waals surface area contributed by atoms with Crippen LogP contribution in [-0.4, -0.2) is 57.8 Å². The smallest absolute Gasteiger partial charge is 0.200 e. The number of likely N-dealkylation sites (N-methyl/N-ethyl adjacent to an activating group) is 1. The van der Waals surface area contributed by atoms with Gasteiger partial charge in [0.15, 0.2) is 5.78 Å². The van der Waals surface area contributed by atoms with Crippen LogP contribution in [0.2, 0.25) is 0 Å². The SMILES string of the molecule is COc1cccc(OC)c1C(=O)C1CN(C)CCO1. The molecule has 0 N–H and O–H groups in total. The molecule has 1 saturated heterocycles. The summed E-state index contributed by atoms with van der Waals surface area (Å²) in [6.45, 7) is 1.98. The molecule has 0 amide bonds. The molecule has 1 unspecified atom stereocenters. The molecule has 5 nitrogen and oxygen atoms in total. The number of ketones is 1. The van der Waals surface area contributed by atoms with E-state index >= 15 is 0 Å². The number of rotatable bonds is 4. The maximum absolute atomic E-state index is 12.6. The van der Waals surface area contributed by atoms with E-state index in [0.717, 1.165) is 6.54 Å². The van der Waals surface area contributed by atoms with Gasteiger partial charge in [0, 0.05) is 13.1 Å². The second kappa shape index (κ2) is 6.04. The summed E-state index contributed by atoms with van der Waals surface area (Å²) in [6.07, 6.45) is -0.469. The van der Waals surface area contributed by atoms with Crippen LogP contribution in [0.3, 0.4) is 0 Å². The second-order valence-electron chi connectivity index (χ2n) is 4.52. The van der Waals surface area contributed by atoms with E-state index in [0.29, 0.717) is 30.2 Å². The molecule has 1 heterocycles. The molecule has 1 aromatic carbocycles. The van der Waals surface area contributed by atoms with Gasteiger partial charge in [0.25, 0.3) is 0 Å². The van der Waals surface area contributed by atoms with Gasteiger partial charge >= 0.3 is 0 Å². The highest BCUT2D eigenvalue weighted by molar-refractivity contribution is 6.04. The molecule has 5 heteroatoms. The predicted molar refractivity (Wildman–Crippen MR) is 71.1 cm³/mol. The maximum Gasteiger partial charge on any atom is 0.200 e. The van der Waals surface area contributed by atoms with E-state index in [2.05, 4.69) is 4.90 Å². The molecular weight excluding hydrogens is 246 g/mol. The van der Waals surface area contributed by atoms with Gasteiger partial charge in [0.1, 0.15) is 23.2 Å². The fourth-order valence-corrected chi connectivity index (χ4v) is 2.19.